The van der Waals surface area contributed by atoms with E-state index in [0.717, 1.165) is 41.1 Å². The first-order valence-electron chi connectivity index (χ1n) is 13.5. The van der Waals surface area contributed by atoms with Crippen molar-refractivity contribution in [1.82, 2.24) is 24.2 Å². The zero-order chi connectivity index (χ0) is 27.5. The molecule has 6 rings (SSSR count). The Hall–Kier alpha value is -4.05. The molecule has 0 spiro atoms. The number of piperidine rings is 1. The van der Waals surface area contributed by atoms with Gasteiger partial charge in [0.2, 0.25) is 16.0 Å². The third-order valence-electron chi connectivity index (χ3n) is 7.50. The van der Waals surface area contributed by atoms with Crippen LogP contribution in [0.4, 0.5) is 11.6 Å². The summed E-state index contributed by atoms with van der Waals surface area (Å²) in [7, 11) is -1.52. The fourth-order valence-corrected chi connectivity index (χ4v) is 6.23. The molecule has 2 N–H and O–H groups in total. The van der Waals surface area contributed by atoms with Crippen molar-refractivity contribution in [3.05, 3.63) is 108 Å². The highest BCUT2D eigenvalue weighted by Gasteiger charge is 2.19. The quantitative estimate of drug-likeness (QED) is 0.267. The number of nitrogens with one attached hydrogen (secondary N) is 2. The van der Waals surface area contributed by atoms with Gasteiger partial charge in [0.25, 0.3) is 0 Å². The Morgan fingerprint density at radius 3 is 2.45 bits per heavy atom. The lowest BCUT2D eigenvalue weighted by atomic mass is 9.89. The topological polar surface area (TPSA) is 91.6 Å². The number of likely N-dealkylation sites (tertiary alicyclic amines) is 1. The van der Waals surface area contributed by atoms with Crippen molar-refractivity contribution >= 4 is 27.2 Å². The van der Waals surface area contributed by atoms with Crippen molar-refractivity contribution in [2.45, 2.75) is 30.2 Å². The highest BCUT2D eigenvalue weighted by atomic mass is 32.2. The lowest BCUT2D eigenvalue weighted by molar-refractivity contribution is 0.255. The molecule has 0 unspecified atom stereocenters. The number of fused-ring (bicyclic) bond motifs is 1. The van der Waals surface area contributed by atoms with E-state index in [1.54, 1.807) is 28.9 Å². The molecular formula is C31H32N6O2S. The predicted molar refractivity (Wildman–Crippen MR) is 158 cm³/mol. The minimum Gasteiger partial charge on any atom is -0.323 e. The van der Waals surface area contributed by atoms with Crippen LogP contribution in [0.25, 0.3) is 16.8 Å². The standard InChI is InChI=1S/C31H32N6O2S/c1-36-18-16-25(17-19-36)24-10-12-27(13-11-24)34-31-32-22-28-14-15-30(37(28)35-31)26-8-5-9-29(20-26)40(38,39)33-21-23-6-3-2-4-7-23/h2-15,20,22,25,33H,16-19,21H2,1H3,(H,34,35). The maximum Gasteiger partial charge on any atom is 0.245 e. The van der Waals surface area contributed by atoms with E-state index < -0.39 is 10.0 Å². The van der Waals surface area contributed by atoms with Gasteiger partial charge in [-0.25, -0.2) is 22.6 Å². The van der Waals surface area contributed by atoms with Gasteiger partial charge in [0.05, 0.1) is 22.3 Å². The van der Waals surface area contributed by atoms with Gasteiger partial charge < -0.3 is 10.2 Å². The number of hydrogen-bond acceptors (Lipinski definition) is 6. The van der Waals surface area contributed by atoms with Gasteiger partial charge in [-0.15, -0.1) is 5.10 Å². The Morgan fingerprint density at radius 2 is 1.68 bits per heavy atom. The number of sulfonamides is 1. The molecule has 0 saturated carbocycles. The molecule has 0 radical (unpaired) electrons. The Morgan fingerprint density at radius 1 is 0.900 bits per heavy atom. The van der Waals surface area contributed by atoms with Crippen LogP contribution in [-0.4, -0.2) is 48.1 Å². The summed E-state index contributed by atoms with van der Waals surface area (Å²) in [6.07, 6.45) is 4.13. The average molecular weight is 553 g/mol. The summed E-state index contributed by atoms with van der Waals surface area (Å²) in [6, 6.07) is 28.7. The summed E-state index contributed by atoms with van der Waals surface area (Å²) in [5, 5.41) is 8.03. The van der Waals surface area contributed by atoms with Crippen molar-refractivity contribution in [1.29, 1.82) is 0 Å². The van der Waals surface area contributed by atoms with Crippen molar-refractivity contribution in [2.75, 3.05) is 25.5 Å². The lowest BCUT2D eigenvalue weighted by Crippen LogP contribution is -2.29. The van der Waals surface area contributed by atoms with E-state index in [-0.39, 0.29) is 11.4 Å². The van der Waals surface area contributed by atoms with E-state index in [4.69, 9.17) is 5.10 Å². The molecule has 1 aliphatic heterocycles. The van der Waals surface area contributed by atoms with Crippen LogP contribution in [-0.2, 0) is 16.6 Å². The van der Waals surface area contributed by atoms with Crippen molar-refractivity contribution < 1.29 is 8.42 Å². The summed E-state index contributed by atoms with van der Waals surface area (Å²) >= 11 is 0. The molecule has 1 fully saturated rings. The van der Waals surface area contributed by atoms with E-state index in [9.17, 15) is 8.42 Å². The number of hydrogen-bond donors (Lipinski definition) is 2. The van der Waals surface area contributed by atoms with Gasteiger partial charge in [-0.2, -0.15) is 0 Å². The Bertz CT molecular complexity index is 1710. The zero-order valence-electron chi connectivity index (χ0n) is 22.4. The minimum absolute atomic E-state index is 0.202. The molecule has 5 aromatic rings. The monoisotopic (exact) mass is 552 g/mol. The third-order valence-corrected chi connectivity index (χ3v) is 8.90. The van der Waals surface area contributed by atoms with Crippen LogP contribution in [0, 0.1) is 0 Å². The summed E-state index contributed by atoms with van der Waals surface area (Å²) in [6.45, 7) is 2.50. The first kappa shape index (κ1) is 26.2. The number of rotatable bonds is 8. The van der Waals surface area contributed by atoms with Gasteiger partial charge >= 0.3 is 0 Å². The number of benzene rings is 3. The molecule has 0 atom stereocenters. The second-order valence-corrected chi connectivity index (χ2v) is 12.1. The molecule has 40 heavy (non-hydrogen) atoms. The highest BCUT2D eigenvalue weighted by Crippen LogP contribution is 2.29. The first-order chi connectivity index (χ1) is 19.4. The maximum absolute atomic E-state index is 13.0. The van der Waals surface area contributed by atoms with E-state index in [2.05, 4.69) is 51.2 Å². The third kappa shape index (κ3) is 5.77. The van der Waals surface area contributed by atoms with Gasteiger partial charge in [-0.05, 0) is 86.4 Å². The molecule has 0 bridgehead atoms. The molecule has 0 aliphatic carbocycles. The molecule has 1 saturated heterocycles. The summed E-state index contributed by atoms with van der Waals surface area (Å²) in [4.78, 5) is 7.07. The van der Waals surface area contributed by atoms with Gasteiger partial charge in [0.1, 0.15) is 0 Å². The number of nitrogens with zero attached hydrogens (tertiary/aromatic N) is 4. The molecule has 0 amide bonds. The second kappa shape index (κ2) is 11.2. The fourth-order valence-electron chi connectivity index (χ4n) is 5.17. The number of aromatic nitrogens is 3. The van der Waals surface area contributed by atoms with Crippen LogP contribution in [0.1, 0.15) is 29.9 Å². The average Bonchev–Trinajstić information content (AvgIpc) is 3.41. The van der Waals surface area contributed by atoms with E-state index in [1.807, 2.05) is 48.5 Å². The van der Waals surface area contributed by atoms with Crippen molar-refractivity contribution in [2.24, 2.45) is 0 Å². The predicted octanol–water partition coefficient (Wildman–Crippen LogP) is 5.43. The van der Waals surface area contributed by atoms with Crippen molar-refractivity contribution in [3.8, 4) is 11.3 Å². The van der Waals surface area contributed by atoms with E-state index >= 15 is 0 Å². The van der Waals surface area contributed by atoms with Crippen molar-refractivity contribution in [3.63, 3.8) is 0 Å². The Labute approximate surface area is 234 Å². The molecule has 204 valence electrons. The first-order valence-corrected chi connectivity index (χ1v) is 15.0. The van der Waals surface area contributed by atoms with Crippen LogP contribution in [0.3, 0.4) is 0 Å². The fraction of sp³-hybridized carbons (Fsp3) is 0.226. The Balaban J connectivity index is 1.20. The number of anilines is 2. The largest absolute Gasteiger partial charge is 0.323 e. The van der Waals surface area contributed by atoms with Crippen LogP contribution < -0.4 is 10.0 Å². The lowest BCUT2D eigenvalue weighted by Gasteiger charge is -2.29. The normalized spacial score (nSPS) is 14.9. The van der Waals surface area contributed by atoms with Gasteiger partial charge in [-0.1, -0.05) is 54.6 Å². The summed E-state index contributed by atoms with van der Waals surface area (Å²) in [5.74, 6) is 1.07. The molecule has 8 nitrogen and oxygen atoms in total. The summed E-state index contributed by atoms with van der Waals surface area (Å²) in [5.41, 5.74) is 5.52. The van der Waals surface area contributed by atoms with Gasteiger partial charge in [0, 0.05) is 17.8 Å². The molecule has 2 aromatic heterocycles. The second-order valence-electron chi connectivity index (χ2n) is 10.3. The van der Waals surface area contributed by atoms with E-state index in [1.165, 1.54) is 18.4 Å². The molecule has 9 heteroatoms. The molecule has 1 aliphatic rings. The SMILES string of the molecule is CN1CCC(c2ccc(Nc3ncc4ccc(-c5cccc(S(=O)(=O)NCc6ccccc6)c5)n4n3)cc2)CC1. The Kier molecular flexibility index (Phi) is 7.34. The van der Waals surface area contributed by atoms with Crippen LogP contribution in [0.5, 0.6) is 0 Å². The molecule has 3 heterocycles. The molecule has 3 aromatic carbocycles. The van der Waals surface area contributed by atoms with E-state index in [0.29, 0.717) is 11.9 Å². The summed E-state index contributed by atoms with van der Waals surface area (Å²) < 4.78 is 30.5. The maximum atomic E-state index is 13.0. The van der Waals surface area contributed by atoms with Crippen LogP contribution >= 0.6 is 0 Å². The smallest absolute Gasteiger partial charge is 0.245 e. The van der Waals surface area contributed by atoms with Gasteiger partial charge in [-0.3, -0.25) is 0 Å². The highest BCUT2D eigenvalue weighted by molar-refractivity contribution is 7.89. The van der Waals surface area contributed by atoms with Gasteiger partial charge in [0.15, 0.2) is 0 Å². The molecular weight excluding hydrogens is 520 g/mol. The van der Waals surface area contributed by atoms with Crippen LogP contribution in [0.2, 0.25) is 0 Å². The zero-order valence-corrected chi connectivity index (χ0v) is 23.2. The minimum atomic E-state index is -3.70. The van der Waals surface area contributed by atoms with Crippen LogP contribution in [0.15, 0.2) is 102 Å².